The molecular weight excluding hydrogens is 236 g/mol. The first-order chi connectivity index (χ1) is 8.10. The molecule has 0 bridgehead atoms. The van der Waals surface area contributed by atoms with E-state index in [0.717, 1.165) is 58.3 Å². The number of nitrogens with zero attached hydrogens (tertiary/aromatic N) is 1. The van der Waals surface area contributed by atoms with Crippen LogP contribution in [0.2, 0.25) is 0 Å². The summed E-state index contributed by atoms with van der Waals surface area (Å²) in [5.41, 5.74) is 0.294. The molecule has 3 aliphatic rings. The SMILES string of the molecule is O=S(=O)(CC1CC1)N1CCC2(CCNCC2)C1. The van der Waals surface area contributed by atoms with Gasteiger partial charge in [-0.1, -0.05) is 0 Å². The van der Waals surface area contributed by atoms with Gasteiger partial charge in [0.2, 0.25) is 10.0 Å². The lowest BCUT2D eigenvalue weighted by atomic mass is 9.78. The molecule has 5 heteroatoms. The predicted molar refractivity (Wildman–Crippen MR) is 67.2 cm³/mol. The van der Waals surface area contributed by atoms with Crippen molar-refractivity contribution >= 4 is 10.0 Å². The Morgan fingerprint density at radius 3 is 2.53 bits per heavy atom. The Bertz CT molecular complexity index is 383. The van der Waals surface area contributed by atoms with Crippen LogP contribution < -0.4 is 5.32 Å². The highest BCUT2D eigenvalue weighted by Crippen LogP contribution is 2.40. The number of hydrogen-bond acceptors (Lipinski definition) is 3. The lowest BCUT2D eigenvalue weighted by molar-refractivity contribution is 0.218. The van der Waals surface area contributed by atoms with Gasteiger partial charge >= 0.3 is 0 Å². The molecule has 3 fully saturated rings. The highest BCUT2D eigenvalue weighted by molar-refractivity contribution is 7.89. The van der Waals surface area contributed by atoms with Crippen molar-refractivity contribution in [1.29, 1.82) is 0 Å². The Hall–Kier alpha value is -0.130. The quantitative estimate of drug-likeness (QED) is 0.814. The van der Waals surface area contributed by atoms with Gasteiger partial charge in [0.15, 0.2) is 0 Å². The van der Waals surface area contributed by atoms with Gasteiger partial charge in [-0.25, -0.2) is 12.7 Å². The molecule has 1 saturated carbocycles. The van der Waals surface area contributed by atoms with E-state index in [1.54, 1.807) is 4.31 Å². The van der Waals surface area contributed by atoms with Crippen molar-refractivity contribution in [3.05, 3.63) is 0 Å². The van der Waals surface area contributed by atoms with E-state index in [0.29, 0.717) is 17.1 Å². The summed E-state index contributed by atoms with van der Waals surface area (Å²) in [6, 6.07) is 0. The van der Waals surface area contributed by atoms with Crippen molar-refractivity contribution in [3.8, 4) is 0 Å². The number of sulfonamides is 1. The molecule has 0 amide bonds. The lowest BCUT2D eigenvalue weighted by Crippen LogP contribution is -2.40. The van der Waals surface area contributed by atoms with Gasteiger partial charge in [0, 0.05) is 13.1 Å². The minimum Gasteiger partial charge on any atom is -0.317 e. The van der Waals surface area contributed by atoms with Crippen LogP contribution in [-0.2, 0) is 10.0 Å². The van der Waals surface area contributed by atoms with Crippen molar-refractivity contribution in [2.75, 3.05) is 31.9 Å². The molecule has 2 saturated heterocycles. The van der Waals surface area contributed by atoms with Crippen LogP contribution in [0, 0.1) is 11.3 Å². The molecule has 1 spiro atoms. The molecule has 0 radical (unpaired) electrons. The average Bonchev–Trinajstić information content (AvgIpc) is 3.00. The molecule has 0 aromatic heterocycles. The molecule has 3 rings (SSSR count). The maximum atomic E-state index is 12.2. The minimum absolute atomic E-state index is 0.294. The van der Waals surface area contributed by atoms with Gasteiger partial charge in [-0.15, -0.1) is 0 Å². The second kappa shape index (κ2) is 4.21. The zero-order chi connectivity index (χ0) is 11.9. The molecule has 0 aromatic carbocycles. The number of piperidine rings is 1. The van der Waals surface area contributed by atoms with E-state index in [9.17, 15) is 8.42 Å². The maximum absolute atomic E-state index is 12.2. The van der Waals surface area contributed by atoms with Gasteiger partial charge in [0.25, 0.3) is 0 Å². The van der Waals surface area contributed by atoms with Gasteiger partial charge in [-0.3, -0.25) is 0 Å². The van der Waals surface area contributed by atoms with Crippen LogP contribution in [0.15, 0.2) is 0 Å². The smallest absolute Gasteiger partial charge is 0.214 e. The second-order valence-electron chi connectivity index (χ2n) is 6.06. The van der Waals surface area contributed by atoms with Crippen molar-refractivity contribution in [3.63, 3.8) is 0 Å². The molecule has 17 heavy (non-hydrogen) atoms. The Morgan fingerprint density at radius 2 is 1.88 bits per heavy atom. The zero-order valence-corrected chi connectivity index (χ0v) is 11.1. The fraction of sp³-hybridized carbons (Fsp3) is 1.00. The molecule has 1 aliphatic carbocycles. The third-order valence-electron chi connectivity index (χ3n) is 4.60. The molecule has 2 aliphatic heterocycles. The van der Waals surface area contributed by atoms with Crippen LogP contribution >= 0.6 is 0 Å². The summed E-state index contributed by atoms with van der Waals surface area (Å²) in [5.74, 6) is 0.867. The zero-order valence-electron chi connectivity index (χ0n) is 10.3. The maximum Gasteiger partial charge on any atom is 0.214 e. The largest absolute Gasteiger partial charge is 0.317 e. The minimum atomic E-state index is -2.96. The number of nitrogens with one attached hydrogen (secondary N) is 1. The summed E-state index contributed by atoms with van der Waals surface area (Å²) in [6.45, 7) is 3.64. The standard InChI is InChI=1S/C12H22N2O2S/c15-17(16,9-11-1-2-11)14-8-5-12(10-14)3-6-13-7-4-12/h11,13H,1-10H2. The molecule has 4 nitrogen and oxygen atoms in total. The van der Waals surface area contributed by atoms with Gasteiger partial charge < -0.3 is 5.32 Å². The Morgan fingerprint density at radius 1 is 1.18 bits per heavy atom. The summed E-state index contributed by atoms with van der Waals surface area (Å²) in [4.78, 5) is 0. The number of rotatable bonds is 3. The normalized spacial score (nSPS) is 29.9. The van der Waals surface area contributed by atoms with E-state index in [4.69, 9.17) is 0 Å². The summed E-state index contributed by atoms with van der Waals surface area (Å²) >= 11 is 0. The molecule has 1 N–H and O–H groups in total. The Labute approximate surface area is 104 Å². The first kappa shape index (κ1) is 11.9. The Kier molecular flexibility index (Phi) is 2.96. The van der Waals surface area contributed by atoms with Gasteiger partial charge in [0.05, 0.1) is 5.75 Å². The molecule has 98 valence electrons. The molecular formula is C12H22N2O2S. The van der Waals surface area contributed by atoms with Crippen LogP contribution in [0.3, 0.4) is 0 Å². The van der Waals surface area contributed by atoms with E-state index in [2.05, 4.69) is 5.32 Å². The first-order valence-electron chi connectivity index (χ1n) is 6.78. The van der Waals surface area contributed by atoms with Gasteiger partial charge in [0.1, 0.15) is 0 Å². The van der Waals surface area contributed by atoms with Crippen molar-refractivity contribution < 1.29 is 8.42 Å². The second-order valence-corrected chi connectivity index (χ2v) is 8.07. The summed E-state index contributed by atoms with van der Waals surface area (Å²) < 4.78 is 26.2. The lowest BCUT2D eigenvalue weighted by Gasteiger charge is -2.33. The van der Waals surface area contributed by atoms with Gasteiger partial charge in [-0.2, -0.15) is 0 Å². The topological polar surface area (TPSA) is 49.4 Å². The highest BCUT2D eigenvalue weighted by Gasteiger charge is 2.43. The predicted octanol–water partition coefficient (Wildman–Crippen LogP) is 0.802. The van der Waals surface area contributed by atoms with E-state index >= 15 is 0 Å². The Balaban J connectivity index is 1.66. The summed E-state index contributed by atoms with van der Waals surface area (Å²) in [5, 5.41) is 3.36. The molecule has 0 atom stereocenters. The van der Waals surface area contributed by atoms with E-state index in [-0.39, 0.29) is 0 Å². The molecule has 0 aromatic rings. The van der Waals surface area contributed by atoms with E-state index in [1.165, 1.54) is 0 Å². The molecule has 2 heterocycles. The van der Waals surface area contributed by atoms with Crippen molar-refractivity contribution in [2.45, 2.75) is 32.1 Å². The molecule has 0 unspecified atom stereocenters. The van der Waals surface area contributed by atoms with Crippen molar-refractivity contribution in [1.82, 2.24) is 9.62 Å². The van der Waals surface area contributed by atoms with Crippen LogP contribution in [-0.4, -0.2) is 44.7 Å². The van der Waals surface area contributed by atoms with E-state index in [1.807, 2.05) is 0 Å². The van der Waals surface area contributed by atoms with E-state index < -0.39 is 10.0 Å². The van der Waals surface area contributed by atoms with Crippen LogP contribution in [0.4, 0.5) is 0 Å². The monoisotopic (exact) mass is 258 g/mol. The van der Waals surface area contributed by atoms with Crippen molar-refractivity contribution in [2.24, 2.45) is 11.3 Å². The highest BCUT2D eigenvalue weighted by atomic mass is 32.2. The van der Waals surface area contributed by atoms with Crippen LogP contribution in [0.25, 0.3) is 0 Å². The average molecular weight is 258 g/mol. The number of hydrogen-bond donors (Lipinski definition) is 1. The third kappa shape index (κ3) is 2.51. The van der Waals surface area contributed by atoms with Crippen LogP contribution in [0.5, 0.6) is 0 Å². The van der Waals surface area contributed by atoms with Gasteiger partial charge in [-0.05, 0) is 56.5 Å². The van der Waals surface area contributed by atoms with Crippen LogP contribution in [0.1, 0.15) is 32.1 Å². The fourth-order valence-electron chi connectivity index (χ4n) is 3.18. The third-order valence-corrected chi connectivity index (χ3v) is 6.60. The summed E-state index contributed by atoms with van der Waals surface area (Å²) in [6.07, 6.45) is 5.58. The fourth-order valence-corrected chi connectivity index (χ4v) is 5.16. The first-order valence-corrected chi connectivity index (χ1v) is 8.39. The summed E-state index contributed by atoms with van der Waals surface area (Å²) in [7, 11) is -2.96.